The van der Waals surface area contributed by atoms with E-state index in [1.807, 2.05) is 63.2 Å². The van der Waals surface area contributed by atoms with Crippen LogP contribution in [0.25, 0.3) is 21.9 Å². The van der Waals surface area contributed by atoms with E-state index in [9.17, 15) is 13.8 Å². The maximum atomic E-state index is 12.9. The number of hydrogen-bond acceptors (Lipinski definition) is 5. The highest BCUT2D eigenvalue weighted by molar-refractivity contribution is 7.85. The largest absolute Gasteiger partial charge is 0.332 e. The van der Waals surface area contributed by atoms with Crippen LogP contribution in [0, 0.1) is 5.92 Å². The highest BCUT2D eigenvalue weighted by Crippen LogP contribution is 2.23. The van der Waals surface area contributed by atoms with Crippen molar-refractivity contribution in [2.24, 2.45) is 13.0 Å². The summed E-state index contributed by atoms with van der Waals surface area (Å²) in [6.45, 7) is 6.20. The van der Waals surface area contributed by atoms with Gasteiger partial charge in [0.1, 0.15) is 5.03 Å². The molecule has 0 amide bonds. The van der Waals surface area contributed by atoms with Gasteiger partial charge in [0, 0.05) is 25.8 Å². The summed E-state index contributed by atoms with van der Waals surface area (Å²) in [4.78, 5) is 35.0. The van der Waals surface area contributed by atoms with E-state index in [1.165, 1.54) is 11.6 Å². The van der Waals surface area contributed by atoms with E-state index in [0.717, 1.165) is 20.9 Å². The van der Waals surface area contributed by atoms with Crippen LogP contribution in [-0.4, -0.2) is 29.1 Å². The van der Waals surface area contributed by atoms with Crippen molar-refractivity contribution in [3.63, 3.8) is 0 Å². The second kappa shape index (κ2) is 8.78. The van der Waals surface area contributed by atoms with Gasteiger partial charge < -0.3 is 0 Å². The Morgan fingerprint density at radius 1 is 1.03 bits per heavy atom. The lowest BCUT2D eigenvalue weighted by atomic mass is 10.0. The van der Waals surface area contributed by atoms with E-state index in [1.54, 1.807) is 0 Å². The third kappa shape index (κ3) is 3.90. The van der Waals surface area contributed by atoms with Crippen molar-refractivity contribution >= 4 is 32.7 Å². The molecule has 4 rings (SSSR count). The average Bonchev–Trinajstić information content (AvgIpc) is 2.79. The van der Waals surface area contributed by atoms with Gasteiger partial charge in [-0.3, -0.25) is 18.1 Å². The molecule has 2 aromatic carbocycles. The zero-order chi connectivity index (χ0) is 23.0. The monoisotopic (exact) mass is 450 g/mol. The third-order valence-corrected chi connectivity index (χ3v) is 6.74. The molecule has 0 fully saturated rings. The summed E-state index contributed by atoms with van der Waals surface area (Å²) in [7, 11) is 0.0216. The molecular formula is C24H26N4O3S. The highest BCUT2D eigenvalue weighted by Gasteiger charge is 2.21. The molecule has 8 heteroatoms. The second-order valence-corrected chi connectivity index (χ2v) is 9.90. The third-order valence-electron chi connectivity index (χ3n) is 5.46. The minimum atomic E-state index is -1.41. The van der Waals surface area contributed by atoms with Gasteiger partial charge in [-0.1, -0.05) is 63.2 Å². The van der Waals surface area contributed by atoms with E-state index in [-0.39, 0.29) is 17.1 Å². The Bertz CT molecular complexity index is 1470. The molecule has 0 aliphatic rings. The smallest absolute Gasteiger partial charge is 0.276 e. The van der Waals surface area contributed by atoms with Crippen LogP contribution in [0.1, 0.15) is 32.0 Å². The summed E-state index contributed by atoms with van der Waals surface area (Å²) in [5.41, 5.74) is 0.923. The number of nitrogens with zero attached hydrogens (tertiary/aromatic N) is 4. The van der Waals surface area contributed by atoms with Crippen molar-refractivity contribution in [3.8, 4) is 0 Å². The fourth-order valence-electron chi connectivity index (χ4n) is 3.88. The molecule has 2 heterocycles. The number of rotatable bonds is 6. The van der Waals surface area contributed by atoms with Crippen LogP contribution in [-0.2, 0) is 30.8 Å². The molecule has 32 heavy (non-hydrogen) atoms. The Hall–Kier alpha value is -3.13. The first-order chi connectivity index (χ1) is 15.3. The summed E-state index contributed by atoms with van der Waals surface area (Å²) < 4.78 is 15.4. The van der Waals surface area contributed by atoms with Crippen molar-refractivity contribution in [2.75, 3.05) is 5.75 Å². The number of hydrogen-bond donors (Lipinski definition) is 0. The molecule has 0 N–H and O–H groups in total. The lowest BCUT2D eigenvalue weighted by molar-refractivity contribution is 0.498. The van der Waals surface area contributed by atoms with E-state index < -0.39 is 22.0 Å². The molecule has 0 bridgehead atoms. The lowest BCUT2D eigenvalue weighted by Crippen LogP contribution is -2.40. The Morgan fingerprint density at radius 3 is 2.47 bits per heavy atom. The zero-order valence-corrected chi connectivity index (χ0v) is 19.5. The lowest BCUT2D eigenvalue weighted by Gasteiger charge is -2.16. The summed E-state index contributed by atoms with van der Waals surface area (Å²) in [6, 6.07) is 14.1. The topological polar surface area (TPSA) is 86.9 Å². The average molecular weight is 451 g/mol. The van der Waals surface area contributed by atoms with Crippen LogP contribution in [0.2, 0.25) is 0 Å². The van der Waals surface area contributed by atoms with Crippen molar-refractivity contribution < 1.29 is 4.21 Å². The molecule has 0 radical (unpaired) electrons. The zero-order valence-electron chi connectivity index (χ0n) is 18.7. The number of fused-ring (bicyclic) bond motifs is 2. The predicted molar refractivity (Wildman–Crippen MR) is 128 cm³/mol. The molecule has 0 aliphatic heterocycles. The van der Waals surface area contributed by atoms with Gasteiger partial charge in [0.15, 0.2) is 11.2 Å². The van der Waals surface area contributed by atoms with Gasteiger partial charge in [-0.25, -0.2) is 14.8 Å². The summed E-state index contributed by atoms with van der Waals surface area (Å²) >= 11 is 0. The fraction of sp³-hybridized carbons (Fsp3) is 0.333. The van der Waals surface area contributed by atoms with Crippen LogP contribution in [0.15, 0.2) is 57.1 Å². The minimum absolute atomic E-state index is 0.0752. The van der Waals surface area contributed by atoms with E-state index >= 15 is 0 Å². The number of aromatic nitrogens is 4. The maximum Gasteiger partial charge on any atom is 0.332 e. The quantitative estimate of drug-likeness (QED) is 0.451. The summed E-state index contributed by atoms with van der Waals surface area (Å²) in [6.07, 6.45) is 0.399. The van der Waals surface area contributed by atoms with Crippen molar-refractivity contribution in [3.05, 3.63) is 74.6 Å². The molecule has 0 aliphatic carbocycles. The van der Waals surface area contributed by atoms with Crippen LogP contribution in [0.5, 0.6) is 0 Å². The molecule has 0 spiro atoms. The first kappa shape index (κ1) is 22.1. The van der Waals surface area contributed by atoms with Gasteiger partial charge in [-0.05, 0) is 22.3 Å². The molecule has 7 nitrogen and oxygen atoms in total. The van der Waals surface area contributed by atoms with Gasteiger partial charge in [0.25, 0.3) is 5.56 Å². The normalized spacial score (nSPS) is 12.7. The Balaban J connectivity index is 2.02. The van der Waals surface area contributed by atoms with E-state index in [4.69, 9.17) is 4.98 Å². The first-order valence-corrected chi connectivity index (χ1v) is 12.0. The molecule has 1 unspecified atom stereocenters. The summed E-state index contributed by atoms with van der Waals surface area (Å²) in [5, 5.41) is 2.48. The highest BCUT2D eigenvalue weighted by atomic mass is 32.2. The van der Waals surface area contributed by atoms with Crippen LogP contribution in [0.4, 0.5) is 0 Å². The molecule has 1 atom stereocenters. The predicted octanol–water partition coefficient (Wildman–Crippen LogP) is 3.02. The fourth-order valence-corrected chi connectivity index (χ4v) is 4.73. The van der Waals surface area contributed by atoms with Crippen molar-refractivity contribution in [1.29, 1.82) is 0 Å². The molecule has 2 aromatic heterocycles. The molecule has 166 valence electrons. The Labute approximate surface area is 188 Å². The second-order valence-electron chi connectivity index (χ2n) is 8.25. The van der Waals surface area contributed by atoms with Gasteiger partial charge >= 0.3 is 5.69 Å². The van der Waals surface area contributed by atoms with Gasteiger partial charge in [0.2, 0.25) is 0 Å². The van der Waals surface area contributed by atoms with Gasteiger partial charge in [-0.2, -0.15) is 0 Å². The number of benzene rings is 2. The van der Waals surface area contributed by atoms with Crippen LogP contribution < -0.4 is 11.2 Å². The van der Waals surface area contributed by atoms with Crippen molar-refractivity contribution in [1.82, 2.24) is 19.1 Å². The molecule has 0 saturated carbocycles. The minimum Gasteiger partial charge on any atom is -0.276 e. The SMILES string of the molecule is CCS(=O)c1nc2c(=O)n(C)c(=O)n(CC(C)C)c2nc1Cc1cccc2ccccc12. The maximum absolute atomic E-state index is 12.9. The molecule has 4 aromatic rings. The first-order valence-electron chi connectivity index (χ1n) is 10.7. The summed E-state index contributed by atoms with van der Waals surface area (Å²) in [5.74, 6) is 0.524. The van der Waals surface area contributed by atoms with E-state index in [2.05, 4.69) is 4.98 Å². The van der Waals surface area contributed by atoms with Crippen LogP contribution in [0.3, 0.4) is 0 Å². The molecule has 0 saturated heterocycles. The van der Waals surface area contributed by atoms with E-state index in [0.29, 0.717) is 29.4 Å². The van der Waals surface area contributed by atoms with Gasteiger partial charge in [0.05, 0.1) is 16.5 Å². The van der Waals surface area contributed by atoms with Crippen molar-refractivity contribution in [2.45, 2.75) is 38.8 Å². The van der Waals surface area contributed by atoms with Gasteiger partial charge in [-0.15, -0.1) is 0 Å². The van der Waals surface area contributed by atoms with Crippen LogP contribution >= 0.6 is 0 Å². The standard InChI is InChI=1S/C24H26N4O3S/c1-5-32(31)22-19(13-17-11-8-10-16-9-6-7-12-18(16)17)25-21-20(26-22)23(29)27(4)24(30)28(21)14-15(2)3/h6-12,15H,5,13-14H2,1-4H3. The molecular weight excluding hydrogens is 424 g/mol. The Morgan fingerprint density at radius 2 is 1.75 bits per heavy atom. The Kier molecular flexibility index (Phi) is 6.06.